The predicted molar refractivity (Wildman–Crippen MR) is 208 cm³/mol. The largest absolute Gasteiger partial charge is 0.490 e. The highest BCUT2D eigenvalue weighted by Crippen LogP contribution is 2.47. The molecule has 1 unspecified atom stereocenters. The van der Waals surface area contributed by atoms with E-state index in [1.165, 1.54) is 36.0 Å². The number of esters is 1. The molecule has 15 heteroatoms. The number of anilines is 1. The van der Waals surface area contributed by atoms with Gasteiger partial charge in [0.15, 0.2) is 0 Å². The van der Waals surface area contributed by atoms with Crippen LogP contribution in [-0.2, 0) is 43.1 Å². The quantitative estimate of drug-likeness (QED) is 0.252. The van der Waals surface area contributed by atoms with Crippen molar-refractivity contribution in [2.75, 3.05) is 44.6 Å². The maximum absolute atomic E-state index is 14.9. The average Bonchev–Trinajstić information content (AvgIpc) is 3.45. The molecule has 13 nitrogen and oxygen atoms in total. The van der Waals surface area contributed by atoms with Crippen LogP contribution >= 0.6 is 11.6 Å². The smallest absolute Gasteiger partial charge is 0.303 e. The minimum Gasteiger partial charge on any atom is -0.490 e. The second kappa shape index (κ2) is 15.6. The van der Waals surface area contributed by atoms with E-state index in [0.717, 1.165) is 37.8 Å². The van der Waals surface area contributed by atoms with Crippen LogP contribution in [0.1, 0.15) is 71.4 Å². The number of hydrogen-bond donors (Lipinski definition) is 1. The van der Waals surface area contributed by atoms with Crippen molar-refractivity contribution in [1.82, 2.24) is 14.5 Å². The number of carbonyl (C=O) groups is 3. The summed E-state index contributed by atoms with van der Waals surface area (Å²) in [7, 11) is 0.805. The lowest BCUT2D eigenvalue weighted by Crippen LogP contribution is -2.49. The topological polar surface area (TPSA) is 151 Å². The van der Waals surface area contributed by atoms with Crippen molar-refractivity contribution in [2.45, 2.75) is 63.6 Å². The number of nitrogens with zero attached hydrogens (tertiary/aromatic N) is 4. The lowest BCUT2D eigenvalue weighted by Gasteiger charge is -2.46. The van der Waals surface area contributed by atoms with Crippen LogP contribution in [0.3, 0.4) is 0 Å². The Morgan fingerprint density at radius 3 is 2.64 bits per heavy atom. The molecule has 1 spiro atoms. The van der Waals surface area contributed by atoms with Crippen LogP contribution in [0.25, 0.3) is 0 Å². The fraction of sp³-hybridized carbons (Fsp3) is 0.500. The second-order valence-electron chi connectivity index (χ2n) is 15.3. The minimum atomic E-state index is -3.85. The van der Waals surface area contributed by atoms with Gasteiger partial charge in [0.05, 0.1) is 31.3 Å². The second-order valence-corrected chi connectivity index (χ2v) is 17.7. The van der Waals surface area contributed by atoms with E-state index in [9.17, 15) is 18.6 Å². The molecule has 4 aliphatic rings. The van der Waals surface area contributed by atoms with Crippen LogP contribution in [0.5, 0.6) is 11.6 Å². The molecule has 2 amide bonds. The highest BCUT2D eigenvalue weighted by molar-refractivity contribution is 7.92. The van der Waals surface area contributed by atoms with Crippen LogP contribution in [0.2, 0.25) is 5.02 Å². The molecule has 3 heterocycles. The van der Waals surface area contributed by atoms with Crippen molar-refractivity contribution in [2.24, 2.45) is 29.2 Å². The Morgan fingerprint density at radius 2 is 1.91 bits per heavy atom. The average molecular weight is 794 g/mol. The normalized spacial score (nSPS) is 29.7. The van der Waals surface area contributed by atoms with Gasteiger partial charge in [0, 0.05) is 62.3 Å². The monoisotopic (exact) mass is 793 g/mol. The summed E-state index contributed by atoms with van der Waals surface area (Å²) in [6.45, 7) is 4.81. The molecule has 0 saturated heterocycles. The van der Waals surface area contributed by atoms with Gasteiger partial charge in [-0.05, 0) is 91.5 Å². The van der Waals surface area contributed by atoms with Gasteiger partial charge in [0.2, 0.25) is 5.88 Å². The molecule has 7 rings (SSSR count). The van der Waals surface area contributed by atoms with Gasteiger partial charge in [-0.3, -0.25) is 23.8 Å². The molecule has 1 fully saturated rings. The third-order valence-corrected chi connectivity index (χ3v) is 13.6. The van der Waals surface area contributed by atoms with Gasteiger partial charge in [-0.25, -0.2) is 4.21 Å². The highest BCUT2D eigenvalue weighted by atomic mass is 35.5. The fourth-order valence-electron chi connectivity index (χ4n) is 8.65. The summed E-state index contributed by atoms with van der Waals surface area (Å²) in [5.74, 6) is -1.98. The molecule has 1 aromatic heterocycles. The summed E-state index contributed by atoms with van der Waals surface area (Å²) >= 11 is 6.46. The SMILES string of the molecule is COc1nn(C)cc1C(=O)NS1(=O)=NC(=O)c2ccc3c(c2)N(C[C@@H]2CC[C@H]2[C@@H](OC)/C=C\[C@H](OC(C)=O)[C@H](C)C1)C[C@@]1(CCCc2cc(Cl)ccc21)CO3. The van der Waals surface area contributed by atoms with Gasteiger partial charge >= 0.3 is 5.97 Å². The van der Waals surface area contributed by atoms with Gasteiger partial charge in [-0.15, -0.1) is 9.46 Å². The zero-order chi connectivity index (χ0) is 39.1. The van der Waals surface area contributed by atoms with E-state index >= 15 is 0 Å². The first-order chi connectivity index (χ1) is 26.3. The van der Waals surface area contributed by atoms with E-state index in [-0.39, 0.29) is 46.1 Å². The van der Waals surface area contributed by atoms with Gasteiger partial charge < -0.3 is 23.8 Å². The third kappa shape index (κ3) is 7.99. The van der Waals surface area contributed by atoms with Crippen molar-refractivity contribution in [1.29, 1.82) is 0 Å². The van der Waals surface area contributed by atoms with Crippen LogP contribution in [0, 0.1) is 17.8 Å². The number of ether oxygens (including phenoxy) is 4. The Bertz CT molecular complexity index is 2150. The van der Waals surface area contributed by atoms with E-state index in [1.54, 1.807) is 45.4 Å². The molecule has 55 heavy (non-hydrogen) atoms. The highest BCUT2D eigenvalue weighted by Gasteiger charge is 2.44. The fourth-order valence-corrected chi connectivity index (χ4v) is 10.7. The molecule has 7 atom stereocenters. The molecule has 294 valence electrons. The first-order valence-electron chi connectivity index (χ1n) is 18.7. The Kier molecular flexibility index (Phi) is 11.0. The molecule has 2 aliphatic heterocycles. The number of amides is 2. The maximum atomic E-state index is 14.9. The van der Waals surface area contributed by atoms with Crippen LogP contribution < -0.4 is 19.1 Å². The van der Waals surface area contributed by atoms with Crippen molar-refractivity contribution >= 4 is 45.0 Å². The first kappa shape index (κ1) is 38.9. The minimum absolute atomic E-state index is 0.0166. The number of halogens is 1. The number of methoxy groups -OCH3 is 2. The lowest BCUT2D eigenvalue weighted by atomic mass is 9.68. The van der Waals surface area contributed by atoms with Crippen molar-refractivity contribution in [3.8, 4) is 11.6 Å². The van der Waals surface area contributed by atoms with Gasteiger partial charge in [-0.2, -0.15) is 0 Å². The summed E-state index contributed by atoms with van der Waals surface area (Å²) in [4.78, 5) is 42.5. The molecule has 2 aromatic carbocycles. The number of rotatable bonds is 5. The Labute approximate surface area is 327 Å². The molecular formula is C40H48ClN5O8S. The molecule has 1 saturated carbocycles. The Balaban J connectivity index is 1.34. The molecule has 2 bridgehead atoms. The summed E-state index contributed by atoms with van der Waals surface area (Å²) in [6, 6.07) is 11.3. The van der Waals surface area contributed by atoms with Crippen LogP contribution in [0.4, 0.5) is 5.69 Å². The number of hydrogen-bond acceptors (Lipinski definition) is 10. The lowest BCUT2D eigenvalue weighted by molar-refractivity contribution is -0.145. The van der Waals surface area contributed by atoms with Gasteiger partial charge in [-0.1, -0.05) is 30.7 Å². The van der Waals surface area contributed by atoms with Gasteiger partial charge in [0.25, 0.3) is 11.8 Å². The number of benzene rings is 2. The standard InChI is InChI=1S/C40H48ClN5O8S/c1-24-21-55(50,44-38(49)31-20-45(3)42-39(31)52-5)43-37(48)27-9-13-36-33(18-27)46(19-28-8-11-30(28)35(51-4)15-14-34(24)54-25(2)47)22-40(23-53-36)16-6-7-26-17-29(41)10-12-32(26)40/h9-10,12-15,17-18,20,24,28,30,34-35H,6-8,11,16,19,21-23H2,1-5H3,(H,43,44,48,49,50)/b15-14-/t24-,28+,30-,34+,35+,40+,55?/m1/s1. The molecular weight excluding hydrogens is 746 g/mol. The van der Waals surface area contributed by atoms with Crippen molar-refractivity contribution in [3.05, 3.63) is 82.0 Å². The van der Waals surface area contributed by atoms with E-state index in [2.05, 4.69) is 31.2 Å². The van der Waals surface area contributed by atoms with Gasteiger partial charge in [0.1, 0.15) is 27.3 Å². The maximum Gasteiger partial charge on any atom is 0.303 e. The zero-order valence-corrected chi connectivity index (χ0v) is 33.4. The Hall–Kier alpha value is -4.40. The predicted octanol–water partition coefficient (Wildman–Crippen LogP) is 5.69. The number of carbonyl (C=O) groups excluding carboxylic acids is 3. The van der Waals surface area contributed by atoms with Crippen molar-refractivity contribution < 1.29 is 37.5 Å². The van der Waals surface area contributed by atoms with E-state index < -0.39 is 39.7 Å². The summed E-state index contributed by atoms with van der Waals surface area (Å²) < 4.78 is 46.7. The van der Waals surface area contributed by atoms with E-state index in [0.29, 0.717) is 30.5 Å². The summed E-state index contributed by atoms with van der Waals surface area (Å²) in [6.07, 6.45) is 8.73. The number of aromatic nitrogens is 2. The zero-order valence-electron chi connectivity index (χ0n) is 31.8. The molecule has 1 N–H and O–H groups in total. The molecule has 0 radical (unpaired) electrons. The first-order valence-corrected chi connectivity index (χ1v) is 20.7. The summed E-state index contributed by atoms with van der Waals surface area (Å²) in [5, 5.41) is 4.84. The third-order valence-electron chi connectivity index (χ3n) is 11.5. The number of fused-ring (bicyclic) bond motifs is 4. The van der Waals surface area contributed by atoms with Crippen LogP contribution in [-0.4, -0.2) is 83.6 Å². The number of aryl methyl sites for hydroxylation is 2. The van der Waals surface area contributed by atoms with E-state index in [4.69, 9.17) is 30.5 Å². The molecule has 3 aromatic rings. The number of nitrogens with one attached hydrogen (secondary N) is 1. The van der Waals surface area contributed by atoms with Crippen LogP contribution in [0.15, 0.2) is 59.1 Å². The Morgan fingerprint density at radius 1 is 1.11 bits per heavy atom. The molecule has 2 aliphatic carbocycles. The van der Waals surface area contributed by atoms with Crippen molar-refractivity contribution in [3.63, 3.8) is 0 Å². The van der Waals surface area contributed by atoms with E-state index in [1.807, 2.05) is 12.1 Å². The summed E-state index contributed by atoms with van der Waals surface area (Å²) in [5.41, 5.74) is 3.08.